The van der Waals surface area contributed by atoms with Crippen molar-refractivity contribution in [2.24, 2.45) is 5.92 Å². The highest BCUT2D eigenvalue weighted by atomic mass is 79.9. The van der Waals surface area contributed by atoms with E-state index >= 15 is 0 Å². The molecule has 0 aliphatic heterocycles. The van der Waals surface area contributed by atoms with Crippen LogP contribution in [0.3, 0.4) is 0 Å². The molecule has 2 aliphatic rings. The van der Waals surface area contributed by atoms with Gasteiger partial charge in [-0.3, -0.25) is 0 Å². The number of allylic oxidation sites excluding steroid dienone is 2. The van der Waals surface area contributed by atoms with Crippen molar-refractivity contribution in [1.29, 1.82) is 0 Å². The summed E-state index contributed by atoms with van der Waals surface area (Å²) in [6.45, 7) is 2.28. The summed E-state index contributed by atoms with van der Waals surface area (Å²) in [5.41, 5.74) is 1.59. The van der Waals surface area contributed by atoms with Gasteiger partial charge in [0.1, 0.15) is 0 Å². The average molecular weight is 306 g/mol. The minimum atomic E-state index is 0.503. The third kappa shape index (κ3) is 1.67. The molecule has 0 aromatic heterocycles. The minimum Gasteiger partial charge on any atom is -0.139 e. The SMILES string of the molecule is CC1=CC[C@@H]2CCC[C@]2(B(Br)Br)C1. The largest absolute Gasteiger partial charge is 0.305 e. The van der Waals surface area contributed by atoms with Crippen LogP contribution in [0.2, 0.25) is 5.31 Å². The second kappa shape index (κ2) is 3.73. The summed E-state index contributed by atoms with van der Waals surface area (Å²) in [6.07, 6.45) is 9.27. The molecule has 2 atom stereocenters. The topological polar surface area (TPSA) is 0 Å². The highest BCUT2D eigenvalue weighted by molar-refractivity contribution is 9.49. The predicted octanol–water partition coefficient (Wildman–Crippen LogP) is 4.55. The van der Waals surface area contributed by atoms with E-state index in [1.165, 1.54) is 32.1 Å². The monoisotopic (exact) mass is 304 g/mol. The molecule has 2 rings (SSSR count). The van der Waals surface area contributed by atoms with Crippen LogP contribution in [0.1, 0.15) is 39.0 Å². The number of halogens is 2. The van der Waals surface area contributed by atoms with Crippen molar-refractivity contribution in [3.8, 4) is 0 Å². The highest BCUT2D eigenvalue weighted by Gasteiger charge is 2.49. The van der Waals surface area contributed by atoms with Gasteiger partial charge < -0.3 is 0 Å². The zero-order valence-electron chi connectivity index (χ0n) is 8.02. The maximum atomic E-state index is 3.75. The molecule has 72 valence electrons. The number of hydrogen-bond donors (Lipinski definition) is 0. The van der Waals surface area contributed by atoms with Crippen LogP contribution in [0.25, 0.3) is 0 Å². The van der Waals surface area contributed by atoms with Crippen LogP contribution in [0, 0.1) is 5.92 Å². The van der Waals surface area contributed by atoms with Gasteiger partial charge in [-0.25, -0.2) is 0 Å². The molecular weight excluding hydrogens is 291 g/mol. The van der Waals surface area contributed by atoms with E-state index in [0.29, 0.717) is 9.68 Å². The van der Waals surface area contributed by atoms with Crippen LogP contribution in [-0.4, -0.2) is 4.36 Å². The molecule has 0 bridgehead atoms. The van der Waals surface area contributed by atoms with E-state index in [0.717, 1.165) is 5.92 Å². The molecule has 0 spiro atoms. The molecule has 0 nitrogen and oxygen atoms in total. The fourth-order valence-corrected chi connectivity index (χ4v) is 4.58. The summed E-state index contributed by atoms with van der Waals surface area (Å²) in [5, 5.41) is 0.527. The third-order valence-corrected chi connectivity index (χ3v) is 5.62. The molecule has 13 heavy (non-hydrogen) atoms. The highest BCUT2D eigenvalue weighted by Crippen LogP contribution is 2.61. The Labute approximate surface area is 97.6 Å². The molecule has 0 radical (unpaired) electrons. The first-order valence-corrected chi connectivity index (χ1v) is 6.92. The lowest BCUT2D eigenvalue weighted by molar-refractivity contribution is 0.389. The van der Waals surface area contributed by atoms with Crippen molar-refractivity contribution in [1.82, 2.24) is 0 Å². The van der Waals surface area contributed by atoms with Crippen molar-refractivity contribution in [3.63, 3.8) is 0 Å². The van der Waals surface area contributed by atoms with Crippen LogP contribution in [0.15, 0.2) is 11.6 Å². The normalized spacial score (nSPS) is 38.4. The molecule has 1 fully saturated rings. The molecule has 1 saturated carbocycles. The average Bonchev–Trinajstić information content (AvgIpc) is 2.47. The van der Waals surface area contributed by atoms with E-state index in [-0.39, 0.29) is 0 Å². The third-order valence-electron chi connectivity index (χ3n) is 3.80. The van der Waals surface area contributed by atoms with Gasteiger partial charge in [0, 0.05) is 0 Å². The fourth-order valence-electron chi connectivity index (χ4n) is 3.05. The van der Waals surface area contributed by atoms with Crippen molar-refractivity contribution in [2.75, 3.05) is 0 Å². The number of rotatable bonds is 1. The first-order chi connectivity index (χ1) is 6.15. The van der Waals surface area contributed by atoms with E-state index < -0.39 is 0 Å². The van der Waals surface area contributed by atoms with Gasteiger partial charge >= 0.3 is 4.36 Å². The fraction of sp³-hybridized carbons (Fsp3) is 0.800. The second-order valence-electron chi connectivity index (χ2n) is 4.59. The van der Waals surface area contributed by atoms with Gasteiger partial charge in [-0.2, -0.15) is 0 Å². The number of fused-ring (bicyclic) bond motifs is 1. The molecule has 0 unspecified atom stereocenters. The Hall–Kier alpha value is 0.765. The van der Waals surface area contributed by atoms with Gasteiger partial charge in [0.2, 0.25) is 0 Å². The zero-order valence-corrected chi connectivity index (χ0v) is 11.2. The molecule has 0 aromatic carbocycles. The van der Waals surface area contributed by atoms with Gasteiger partial charge in [0.05, 0.1) is 0 Å². The van der Waals surface area contributed by atoms with Gasteiger partial charge in [-0.15, -0.1) is 31.5 Å². The molecule has 2 aliphatic carbocycles. The molecular formula is C10H15BBr2. The molecule has 3 heteroatoms. The molecule has 0 N–H and O–H groups in total. The first-order valence-electron chi connectivity index (χ1n) is 5.09. The Bertz CT molecular complexity index is 237. The lowest BCUT2D eigenvalue weighted by Crippen LogP contribution is -2.30. The van der Waals surface area contributed by atoms with Crippen molar-refractivity contribution >= 4 is 35.9 Å². The second-order valence-corrected chi connectivity index (χ2v) is 7.65. The smallest absolute Gasteiger partial charge is 0.139 e. The van der Waals surface area contributed by atoms with E-state index in [1.807, 2.05) is 0 Å². The van der Waals surface area contributed by atoms with Crippen molar-refractivity contribution < 1.29 is 0 Å². The predicted molar refractivity (Wildman–Crippen MR) is 66.6 cm³/mol. The Kier molecular flexibility index (Phi) is 2.95. The maximum Gasteiger partial charge on any atom is 0.305 e. The summed E-state index contributed by atoms with van der Waals surface area (Å²) in [5.74, 6) is 0.917. The molecule has 0 heterocycles. The van der Waals surface area contributed by atoms with Crippen molar-refractivity contribution in [3.05, 3.63) is 11.6 Å². The summed E-state index contributed by atoms with van der Waals surface area (Å²) in [6, 6.07) is 0. The van der Waals surface area contributed by atoms with Crippen LogP contribution in [0.4, 0.5) is 0 Å². The quantitative estimate of drug-likeness (QED) is 0.493. The van der Waals surface area contributed by atoms with E-state index in [9.17, 15) is 0 Å². The van der Waals surface area contributed by atoms with Gasteiger partial charge in [0.25, 0.3) is 0 Å². The lowest BCUT2D eigenvalue weighted by atomic mass is 9.56. The standard InChI is InChI=1S/C10H15BBr2/c1-8-4-5-9-3-2-6-10(9,7-8)11(12)13/h4,9H,2-3,5-7H2,1H3/t9-,10-/m0/s1. The summed E-state index contributed by atoms with van der Waals surface area (Å²) in [7, 11) is 0. The molecule has 0 aromatic rings. The van der Waals surface area contributed by atoms with Crippen LogP contribution >= 0.6 is 31.5 Å². The van der Waals surface area contributed by atoms with E-state index in [1.54, 1.807) is 5.57 Å². The van der Waals surface area contributed by atoms with E-state index in [4.69, 9.17) is 0 Å². The van der Waals surface area contributed by atoms with E-state index in [2.05, 4.69) is 44.5 Å². The summed E-state index contributed by atoms with van der Waals surface area (Å²) in [4.78, 5) is 0. The Morgan fingerprint density at radius 1 is 1.54 bits per heavy atom. The summed E-state index contributed by atoms with van der Waals surface area (Å²) < 4.78 is 0.503. The Morgan fingerprint density at radius 3 is 3.00 bits per heavy atom. The minimum absolute atomic E-state index is 0.503. The van der Waals surface area contributed by atoms with Gasteiger partial charge in [-0.05, 0) is 31.0 Å². The van der Waals surface area contributed by atoms with Crippen molar-refractivity contribution in [2.45, 2.75) is 44.3 Å². The zero-order chi connectivity index (χ0) is 9.47. The molecule has 0 saturated heterocycles. The van der Waals surface area contributed by atoms with Crippen LogP contribution in [-0.2, 0) is 0 Å². The lowest BCUT2D eigenvalue weighted by Gasteiger charge is -2.39. The Balaban J connectivity index is 2.27. The first kappa shape index (κ1) is 10.3. The number of hydrogen-bond acceptors (Lipinski definition) is 0. The summed E-state index contributed by atoms with van der Waals surface area (Å²) >= 11 is 7.50. The van der Waals surface area contributed by atoms with Gasteiger partial charge in [-0.1, -0.05) is 30.9 Å². The van der Waals surface area contributed by atoms with Crippen LogP contribution in [0.5, 0.6) is 0 Å². The Morgan fingerprint density at radius 2 is 2.31 bits per heavy atom. The van der Waals surface area contributed by atoms with Crippen LogP contribution < -0.4 is 0 Å². The maximum absolute atomic E-state index is 3.75. The van der Waals surface area contributed by atoms with Gasteiger partial charge in [0.15, 0.2) is 0 Å². The molecule has 0 amide bonds.